The van der Waals surface area contributed by atoms with Gasteiger partial charge in [0, 0.05) is 13.0 Å². The van der Waals surface area contributed by atoms with Crippen molar-refractivity contribution >= 4 is 40.7 Å². The summed E-state index contributed by atoms with van der Waals surface area (Å²) >= 11 is 16.9. The molecule has 0 aliphatic heterocycles. The number of nitrogens with one attached hydrogen (secondary N) is 1. The first-order valence-corrected chi connectivity index (χ1v) is 8.57. The Morgan fingerprint density at radius 2 is 1.96 bits per heavy atom. The van der Waals surface area contributed by atoms with Crippen LogP contribution >= 0.6 is 34.8 Å². The topological polar surface area (TPSA) is 47.6 Å². The number of hydrogen-bond donors (Lipinski definition) is 1. The summed E-state index contributed by atoms with van der Waals surface area (Å²) in [6.07, 6.45) is 2.06. The van der Waals surface area contributed by atoms with E-state index in [4.69, 9.17) is 44.3 Å². The fraction of sp³-hybridized carbons (Fsp3) is 0.471. The molecule has 0 unspecified atom stereocenters. The summed E-state index contributed by atoms with van der Waals surface area (Å²) in [4.78, 5) is 12.0. The van der Waals surface area contributed by atoms with Gasteiger partial charge in [0.25, 0.3) is 9.70 Å². The maximum absolute atomic E-state index is 12.0. The lowest BCUT2D eigenvalue weighted by atomic mass is 9.87. The third-order valence-corrected chi connectivity index (χ3v) is 4.15. The van der Waals surface area contributed by atoms with Gasteiger partial charge in [0.2, 0.25) is 0 Å². The van der Waals surface area contributed by atoms with Crippen LogP contribution in [-0.2, 0) is 20.7 Å². The molecule has 0 spiro atoms. The van der Waals surface area contributed by atoms with Crippen LogP contribution in [0, 0.1) is 5.92 Å². The zero-order valence-electron chi connectivity index (χ0n) is 13.7. The monoisotopic (exact) mass is 393 g/mol. The van der Waals surface area contributed by atoms with Crippen molar-refractivity contribution in [2.45, 2.75) is 29.3 Å². The number of rotatable bonds is 9. The van der Waals surface area contributed by atoms with Gasteiger partial charge < -0.3 is 14.8 Å². The van der Waals surface area contributed by atoms with Gasteiger partial charge in [-0.05, 0) is 18.9 Å². The average molecular weight is 395 g/mol. The highest BCUT2D eigenvalue weighted by Crippen LogP contribution is 2.27. The summed E-state index contributed by atoms with van der Waals surface area (Å²) in [5, 5.41) is 2.71. The summed E-state index contributed by atoms with van der Waals surface area (Å²) in [5.41, 5.74) is 1.10. The molecule has 24 heavy (non-hydrogen) atoms. The second kappa shape index (κ2) is 10.3. The van der Waals surface area contributed by atoms with Crippen LogP contribution in [0.2, 0.25) is 0 Å². The summed E-state index contributed by atoms with van der Waals surface area (Å²) in [7, 11) is 1.55. The van der Waals surface area contributed by atoms with Crippen LogP contribution in [0.5, 0.6) is 0 Å². The van der Waals surface area contributed by atoms with Crippen molar-refractivity contribution in [3.63, 3.8) is 0 Å². The Kier molecular flexibility index (Phi) is 9.09. The van der Waals surface area contributed by atoms with Crippen molar-refractivity contribution in [2.24, 2.45) is 5.92 Å². The Bertz CT molecular complexity index is 520. The zero-order chi connectivity index (χ0) is 18.2. The third kappa shape index (κ3) is 6.99. The lowest BCUT2D eigenvalue weighted by Crippen LogP contribution is -2.48. The lowest BCUT2D eigenvalue weighted by molar-refractivity contribution is -0.122. The van der Waals surface area contributed by atoms with E-state index in [1.807, 2.05) is 37.3 Å². The van der Waals surface area contributed by atoms with Gasteiger partial charge >= 0.3 is 0 Å². The molecule has 0 saturated carbocycles. The van der Waals surface area contributed by atoms with Gasteiger partial charge in [0.15, 0.2) is 0 Å². The molecule has 0 aliphatic carbocycles. The molecule has 1 rings (SSSR count). The second-order valence-corrected chi connectivity index (χ2v) is 7.65. The molecule has 1 aromatic rings. The molecule has 0 heterocycles. The zero-order valence-corrected chi connectivity index (χ0v) is 15.9. The molecule has 0 bridgehead atoms. The number of benzene rings is 1. The highest BCUT2D eigenvalue weighted by atomic mass is 35.6. The predicted molar refractivity (Wildman–Crippen MR) is 98.5 cm³/mol. The van der Waals surface area contributed by atoms with Crippen LogP contribution in [0.1, 0.15) is 12.5 Å². The second-order valence-electron chi connectivity index (χ2n) is 5.36. The van der Waals surface area contributed by atoms with E-state index < -0.39 is 15.7 Å². The molecule has 0 aromatic heterocycles. The number of halogens is 3. The molecule has 1 aromatic carbocycles. The summed E-state index contributed by atoms with van der Waals surface area (Å²) < 4.78 is 8.59. The highest BCUT2D eigenvalue weighted by molar-refractivity contribution is 6.76. The van der Waals surface area contributed by atoms with Crippen LogP contribution in [0.15, 0.2) is 43.0 Å². The molecule has 134 valence electrons. The first-order chi connectivity index (χ1) is 11.3. The standard InChI is InChI=1S/C17H22Cl3NO3/c1-4-15(21-16(22)17(18,19)20)14(12(2)24-11-23-3)10-13-8-6-5-7-9-13/h4-9,12,14-15H,1,10-11H2,2-3H3,(H,21,22)/t12-,14-,15-/m1/s1. The van der Waals surface area contributed by atoms with Crippen molar-refractivity contribution in [2.75, 3.05) is 13.9 Å². The van der Waals surface area contributed by atoms with Gasteiger partial charge in [0.1, 0.15) is 6.79 Å². The maximum atomic E-state index is 12.0. The minimum absolute atomic E-state index is 0.114. The summed E-state index contributed by atoms with van der Waals surface area (Å²) in [6, 6.07) is 9.44. The fourth-order valence-corrected chi connectivity index (χ4v) is 2.51. The number of methoxy groups -OCH3 is 1. The first kappa shape index (κ1) is 21.3. The number of carbonyl (C=O) groups excluding carboxylic acids is 1. The van der Waals surface area contributed by atoms with E-state index in [9.17, 15) is 4.79 Å². The normalized spacial score (nSPS) is 15.4. The van der Waals surface area contributed by atoms with Crippen LogP contribution < -0.4 is 5.32 Å². The molecular formula is C17H22Cl3NO3. The molecule has 3 atom stereocenters. The van der Waals surface area contributed by atoms with Crippen LogP contribution in [-0.4, -0.2) is 35.7 Å². The van der Waals surface area contributed by atoms with E-state index in [-0.39, 0.29) is 18.8 Å². The molecule has 1 amide bonds. The van der Waals surface area contributed by atoms with Gasteiger partial charge in [-0.2, -0.15) is 0 Å². The van der Waals surface area contributed by atoms with E-state index in [0.717, 1.165) is 5.56 Å². The highest BCUT2D eigenvalue weighted by Gasteiger charge is 2.35. The predicted octanol–water partition coefficient (Wildman–Crippen LogP) is 3.90. The van der Waals surface area contributed by atoms with Gasteiger partial charge in [-0.1, -0.05) is 71.2 Å². The Morgan fingerprint density at radius 1 is 1.33 bits per heavy atom. The largest absolute Gasteiger partial charge is 0.359 e. The maximum Gasteiger partial charge on any atom is 0.272 e. The van der Waals surface area contributed by atoms with E-state index in [2.05, 4.69) is 11.9 Å². The van der Waals surface area contributed by atoms with E-state index >= 15 is 0 Å². The summed E-state index contributed by atoms with van der Waals surface area (Å²) in [6.45, 7) is 5.85. The molecule has 0 saturated heterocycles. The number of alkyl halides is 3. The van der Waals surface area contributed by atoms with E-state index in [1.165, 1.54) is 0 Å². The number of hydrogen-bond acceptors (Lipinski definition) is 3. The van der Waals surface area contributed by atoms with Gasteiger partial charge in [-0.15, -0.1) is 6.58 Å². The average Bonchev–Trinajstić information content (AvgIpc) is 2.55. The Labute approximate surface area is 158 Å². The minimum atomic E-state index is -2.03. The van der Waals surface area contributed by atoms with Crippen molar-refractivity contribution in [3.05, 3.63) is 48.6 Å². The summed E-state index contributed by atoms with van der Waals surface area (Å²) in [5.74, 6) is -0.814. The third-order valence-electron chi connectivity index (χ3n) is 3.64. The first-order valence-electron chi connectivity index (χ1n) is 7.44. The smallest absolute Gasteiger partial charge is 0.272 e. The number of carbonyl (C=O) groups is 1. The van der Waals surface area contributed by atoms with Crippen molar-refractivity contribution < 1.29 is 14.3 Å². The van der Waals surface area contributed by atoms with Gasteiger partial charge in [0.05, 0.1) is 12.1 Å². The minimum Gasteiger partial charge on any atom is -0.359 e. The van der Waals surface area contributed by atoms with Gasteiger partial charge in [-0.25, -0.2) is 0 Å². The van der Waals surface area contributed by atoms with Crippen LogP contribution in [0.25, 0.3) is 0 Å². The quantitative estimate of drug-likeness (QED) is 0.392. The van der Waals surface area contributed by atoms with Crippen molar-refractivity contribution in [1.82, 2.24) is 5.32 Å². The molecule has 0 fully saturated rings. The molecule has 0 radical (unpaired) electrons. The van der Waals surface area contributed by atoms with Crippen molar-refractivity contribution in [1.29, 1.82) is 0 Å². The molecule has 0 aliphatic rings. The SMILES string of the molecule is C=C[C@@H](NC(=O)C(Cl)(Cl)Cl)[C@H](Cc1ccccc1)[C@@H](C)OCOC. The van der Waals surface area contributed by atoms with Crippen LogP contribution in [0.3, 0.4) is 0 Å². The van der Waals surface area contributed by atoms with E-state index in [0.29, 0.717) is 6.42 Å². The Morgan fingerprint density at radius 3 is 2.46 bits per heavy atom. The Balaban J connectivity index is 2.95. The number of ether oxygens (including phenoxy) is 2. The van der Waals surface area contributed by atoms with Crippen LogP contribution in [0.4, 0.5) is 0 Å². The van der Waals surface area contributed by atoms with Crippen molar-refractivity contribution in [3.8, 4) is 0 Å². The lowest BCUT2D eigenvalue weighted by Gasteiger charge is -2.31. The molecular weight excluding hydrogens is 373 g/mol. The fourth-order valence-electron chi connectivity index (χ4n) is 2.34. The molecule has 4 nitrogen and oxygen atoms in total. The Hall–Kier alpha value is -0.780. The van der Waals surface area contributed by atoms with E-state index in [1.54, 1.807) is 13.2 Å². The number of amides is 1. The van der Waals surface area contributed by atoms with Gasteiger partial charge in [-0.3, -0.25) is 4.79 Å². The molecule has 1 N–H and O–H groups in total. The molecule has 7 heteroatoms.